The second-order valence-electron chi connectivity index (χ2n) is 5.12. The minimum Gasteiger partial charge on any atom is -0.360 e. The lowest BCUT2D eigenvalue weighted by Crippen LogP contribution is -2.11. The van der Waals surface area contributed by atoms with Crippen molar-refractivity contribution in [3.63, 3.8) is 0 Å². The first-order chi connectivity index (χ1) is 10.8. The third kappa shape index (κ3) is 2.62. The molecular weight excluding hydrogens is 300 g/mol. The lowest BCUT2D eigenvalue weighted by atomic mass is 10.2. The van der Waals surface area contributed by atoms with Crippen LogP contribution >= 0.6 is 11.3 Å². The van der Waals surface area contributed by atoms with Crippen LogP contribution in [0.3, 0.4) is 0 Å². The van der Waals surface area contributed by atoms with Gasteiger partial charge >= 0.3 is 0 Å². The van der Waals surface area contributed by atoms with Crippen LogP contribution in [0.1, 0.15) is 35.0 Å². The summed E-state index contributed by atoms with van der Waals surface area (Å²) in [6.45, 7) is 0. The molecule has 1 fully saturated rings. The summed E-state index contributed by atoms with van der Waals surface area (Å²) in [7, 11) is 0. The molecule has 1 amide bonds. The van der Waals surface area contributed by atoms with Crippen LogP contribution in [0, 0.1) is 0 Å². The molecule has 4 rings (SSSR count). The molecule has 0 spiro atoms. The van der Waals surface area contributed by atoms with Crippen LogP contribution in [0.5, 0.6) is 0 Å². The monoisotopic (exact) mass is 312 g/mol. The van der Waals surface area contributed by atoms with Gasteiger partial charge in [0.15, 0.2) is 5.69 Å². The van der Waals surface area contributed by atoms with Gasteiger partial charge in [-0.1, -0.05) is 46.8 Å². The van der Waals surface area contributed by atoms with Gasteiger partial charge in [-0.15, -0.1) is 10.2 Å². The van der Waals surface area contributed by atoms with Crippen LogP contribution in [0.2, 0.25) is 0 Å². The van der Waals surface area contributed by atoms with Crippen molar-refractivity contribution in [1.82, 2.24) is 15.4 Å². The van der Waals surface area contributed by atoms with E-state index in [4.69, 9.17) is 4.52 Å². The van der Waals surface area contributed by atoms with E-state index in [2.05, 4.69) is 20.7 Å². The van der Waals surface area contributed by atoms with Crippen molar-refractivity contribution in [1.29, 1.82) is 0 Å². The van der Waals surface area contributed by atoms with E-state index in [0.717, 1.165) is 29.2 Å². The predicted octanol–water partition coefficient (Wildman–Crippen LogP) is 3.32. The molecule has 2 heterocycles. The van der Waals surface area contributed by atoms with Gasteiger partial charge in [-0.2, -0.15) is 0 Å². The standard InChI is InChI=1S/C15H12N4O2S/c20-13(11-8-12(21-19-11)9-6-7-9)16-15-18-17-14(22-15)10-4-2-1-3-5-10/h1-5,8-9H,6-7H2,(H,16,18,20). The molecule has 0 saturated heterocycles. The molecule has 1 N–H and O–H groups in total. The van der Waals surface area contributed by atoms with Crippen molar-refractivity contribution in [2.75, 3.05) is 5.32 Å². The number of aromatic nitrogens is 3. The van der Waals surface area contributed by atoms with Crippen molar-refractivity contribution in [2.24, 2.45) is 0 Å². The minimum atomic E-state index is -0.327. The van der Waals surface area contributed by atoms with Gasteiger partial charge in [-0.05, 0) is 12.8 Å². The molecule has 0 unspecified atom stereocenters. The molecule has 0 atom stereocenters. The highest BCUT2D eigenvalue weighted by Crippen LogP contribution is 2.40. The largest absolute Gasteiger partial charge is 0.360 e. The Morgan fingerprint density at radius 3 is 2.82 bits per heavy atom. The highest BCUT2D eigenvalue weighted by Gasteiger charge is 2.29. The summed E-state index contributed by atoms with van der Waals surface area (Å²) < 4.78 is 5.18. The number of carbonyl (C=O) groups is 1. The molecule has 3 aromatic rings. The lowest BCUT2D eigenvalue weighted by Gasteiger charge is -1.95. The molecule has 2 aromatic heterocycles. The van der Waals surface area contributed by atoms with E-state index >= 15 is 0 Å². The maximum absolute atomic E-state index is 12.1. The number of nitrogens with zero attached hydrogens (tertiary/aromatic N) is 3. The first kappa shape index (κ1) is 13.1. The first-order valence-corrected chi connectivity index (χ1v) is 7.78. The van der Waals surface area contributed by atoms with Crippen LogP contribution in [0.4, 0.5) is 5.13 Å². The van der Waals surface area contributed by atoms with Crippen molar-refractivity contribution < 1.29 is 9.32 Å². The Kier molecular flexibility index (Phi) is 3.19. The van der Waals surface area contributed by atoms with Gasteiger partial charge in [0.25, 0.3) is 5.91 Å². The van der Waals surface area contributed by atoms with Crippen molar-refractivity contribution in [3.05, 3.63) is 47.9 Å². The van der Waals surface area contributed by atoms with E-state index in [1.807, 2.05) is 30.3 Å². The van der Waals surface area contributed by atoms with E-state index in [1.54, 1.807) is 6.07 Å². The Labute approximate surface area is 130 Å². The van der Waals surface area contributed by atoms with E-state index in [-0.39, 0.29) is 11.6 Å². The van der Waals surface area contributed by atoms with Crippen LogP contribution in [-0.4, -0.2) is 21.3 Å². The smallest absolute Gasteiger partial charge is 0.279 e. The van der Waals surface area contributed by atoms with Crippen LogP contribution in [0.25, 0.3) is 10.6 Å². The number of carbonyl (C=O) groups excluding carboxylic acids is 1. The van der Waals surface area contributed by atoms with E-state index in [1.165, 1.54) is 11.3 Å². The zero-order valence-electron chi connectivity index (χ0n) is 11.5. The Hall–Kier alpha value is -2.54. The minimum absolute atomic E-state index is 0.276. The van der Waals surface area contributed by atoms with E-state index in [0.29, 0.717) is 11.0 Å². The van der Waals surface area contributed by atoms with Crippen molar-refractivity contribution >= 4 is 22.4 Å². The lowest BCUT2D eigenvalue weighted by molar-refractivity contribution is 0.101. The number of hydrogen-bond acceptors (Lipinski definition) is 6. The number of hydrogen-bond donors (Lipinski definition) is 1. The Bertz CT molecular complexity index is 808. The molecule has 7 heteroatoms. The Morgan fingerprint density at radius 1 is 1.23 bits per heavy atom. The molecule has 1 saturated carbocycles. The highest BCUT2D eigenvalue weighted by atomic mass is 32.1. The number of anilines is 1. The fourth-order valence-corrected chi connectivity index (χ4v) is 2.83. The molecule has 22 heavy (non-hydrogen) atoms. The van der Waals surface area contributed by atoms with Crippen molar-refractivity contribution in [3.8, 4) is 10.6 Å². The molecule has 1 aliphatic rings. The number of rotatable bonds is 4. The first-order valence-electron chi connectivity index (χ1n) is 6.96. The van der Waals surface area contributed by atoms with Gasteiger partial charge in [0.2, 0.25) is 5.13 Å². The normalized spacial score (nSPS) is 14.0. The number of benzene rings is 1. The average Bonchev–Trinajstić information content (AvgIpc) is 3.10. The molecule has 1 aliphatic carbocycles. The third-order valence-electron chi connectivity index (χ3n) is 3.41. The third-order valence-corrected chi connectivity index (χ3v) is 4.29. The second-order valence-corrected chi connectivity index (χ2v) is 6.10. The Balaban J connectivity index is 1.48. The van der Waals surface area contributed by atoms with E-state index in [9.17, 15) is 4.79 Å². The molecule has 0 bridgehead atoms. The van der Waals surface area contributed by atoms with Crippen LogP contribution in [-0.2, 0) is 0 Å². The van der Waals surface area contributed by atoms with Gasteiger partial charge in [-0.3, -0.25) is 10.1 Å². The summed E-state index contributed by atoms with van der Waals surface area (Å²) in [6.07, 6.45) is 2.21. The van der Waals surface area contributed by atoms with Crippen molar-refractivity contribution in [2.45, 2.75) is 18.8 Å². The van der Waals surface area contributed by atoms with E-state index < -0.39 is 0 Å². The molecule has 110 valence electrons. The zero-order valence-corrected chi connectivity index (χ0v) is 12.3. The second kappa shape index (κ2) is 5.34. The summed E-state index contributed by atoms with van der Waals surface area (Å²) in [6, 6.07) is 11.4. The number of amides is 1. The van der Waals surface area contributed by atoms with Gasteiger partial charge in [0.1, 0.15) is 10.8 Å². The summed E-state index contributed by atoms with van der Waals surface area (Å²) in [4.78, 5) is 12.1. The average molecular weight is 312 g/mol. The topological polar surface area (TPSA) is 80.9 Å². The summed E-state index contributed by atoms with van der Waals surface area (Å²) in [5, 5.41) is 15.8. The molecule has 0 aliphatic heterocycles. The fraction of sp³-hybridized carbons (Fsp3) is 0.200. The molecule has 6 nitrogen and oxygen atoms in total. The molecule has 1 aromatic carbocycles. The van der Waals surface area contributed by atoms with Crippen LogP contribution in [0.15, 0.2) is 40.9 Å². The Morgan fingerprint density at radius 2 is 2.05 bits per heavy atom. The maximum atomic E-state index is 12.1. The summed E-state index contributed by atoms with van der Waals surface area (Å²) in [5.74, 6) is 0.888. The van der Waals surface area contributed by atoms with Gasteiger partial charge < -0.3 is 4.52 Å². The number of nitrogens with one attached hydrogen (secondary N) is 1. The summed E-state index contributed by atoms with van der Waals surface area (Å²) >= 11 is 1.32. The SMILES string of the molecule is O=C(Nc1nnc(-c2ccccc2)s1)c1cc(C2CC2)on1. The fourth-order valence-electron chi connectivity index (χ4n) is 2.09. The maximum Gasteiger partial charge on any atom is 0.279 e. The summed E-state index contributed by atoms with van der Waals surface area (Å²) in [5.41, 5.74) is 1.25. The molecule has 0 radical (unpaired) electrons. The van der Waals surface area contributed by atoms with Gasteiger partial charge in [0, 0.05) is 17.5 Å². The highest BCUT2D eigenvalue weighted by molar-refractivity contribution is 7.18. The molecular formula is C15H12N4O2S. The van der Waals surface area contributed by atoms with Gasteiger partial charge in [-0.25, -0.2) is 0 Å². The zero-order chi connectivity index (χ0) is 14.9. The predicted molar refractivity (Wildman–Crippen MR) is 81.8 cm³/mol. The van der Waals surface area contributed by atoms with Crippen LogP contribution < -0.4 is 5.32 Å². The quantitative estimate of drug-likeness (QED) is 0.799. The van der Waals surface area contributed by atoms with Gasteiger partial charge in [0.05, 0.1) is 0 Å².